The molecule has 5 nitrogen and oxygen atoms in total. The minimum atomic E-state index is -3.87. The first-order chi connectivity index (χ1) is 16.3. The number of benzene rings is 2. The summed E-state index contributed by atoms with van der Waals surface area (Å²) in [6, 6.07) is 17.0. The Morgan fingerprint density at radius 2 is 1.76 bits per heavy atom. The summed E-state index contributed by atoms with van der Waals surface area (Å²) in [6.45, 7) is 5.84. The Bertz CT molecular complexity index is 1240. The number of hydrogen-bond acceptors (Lipinski definition) is 4. The highest BCUT2D eigenvalue weighted by Gasteiger charge is 2.25. The van der Waals surface area contributed by atoms with Crippen LogP contribution < -0.4 is 0 Å². The number of halogens is 1. The summed E-state index contributed by atoms with van der Waals surface area (Å²) in [5.41, 5.74) is 2.55. The van der Waals surface area contributed by atoms with E-state index in [1.807, 2.05) is 36.6 Å². The van der Waals surface area contributed by atoms with Gasteiger partial charge in [-0.3, -0.25) is 4.79 Å². The number of rotatable bonds is 11. The SMILES string of the molecule is C=CCN(CC(=O)N(Cc1ccc(F)cc1)Cc1sccc1C)S(=O)(=O)C=Cc1ccccc1. The maximum absolute atomic E-state index is 13.4. The van der Waals surface area contributed by atoms with Gasteiger partial charge in [-0.05, 0) is 53.3 Å². The van der Waals surface area contributed by atoms with Gasteiger partial charge in [0.1, 0.15) is 5.82 Å². The van der Waals surface area contributed by atoms with Gasteiger partial charge in [-0.15, -0.1) is 17.9 Å². The highest BCUT2D eigenvalue weighted by Crippen LogP contribution is 2.20. The van der Waals surface area contributed by atoms with Crippen molar-refractivity contribution in [1.82, 2.24) is 9.21 Å². The molecule has 3 aromatic rings. The van der Waals surface area contributed by atoms with Crippen molar-refractivity contribution in [2.24, 2.45) is 0 Å². The number of amides is 1. The molecule has 34 heavy (non-hydrogen) atoms. The third-order valence-corrected chi connectivity index (χ3v) is 7.66. The maximum atomic E-state index is 13.4. The summed E-state index contributed by atoms with van der Waals surface area (Å²) in [5.74, 6) is -0.708. The molecule has 0 N–H and O–H groups in total. The number of nitrogens with zero attached hydrogens (tertiary/aromatic N) is 2. The Morgan fingerprint density at radius 3 is 2.38 bits per heavy atom. The van der Waals surface area contributed by atoms with Crippen molar-refractivity contribution in [2.75, 3.05) is 13.1 Å². The second-order valence-electron chi connectivity index (χ2n) is 7.74. The lowest BCUT2D eigenvalue weighted by Gasteiger charge is -2.26. The fourth-order valence-electron chi connectivity index (χ4n) is 3.25. The molecular weight excluding hydrogens is 471 g/mol. The predicted molar refractivity (Wildman–Crippen MR) is 136 cm³/mol. The van der Waals surface area contributed by atoms with Crippen LogP contribution in [0.2, 0.25) is 0 Å². The van der Waals surface area contributed by atoms with E-state index in [0.717, 1.165) is 31.3 Å². The van der Waals surface area contributed by atoms with E-state index >= 15 is 0 Å². The third-order valence-electron chi connectivity index (χ3n) is 5.18. The van der Waals surface area contributed by atoms with Crippen molar-refractivity contribution in [3.8, 4) is 0 Å². The number of carbonyl (C=O) groups is 1. The van der Waals surface area contributed by atoms with Gasteiger partial charge < -0.3 is 4.90 Å². The quantitative estimate of drug-likeness (QED) is 0.341. The van der Waals surface area contributed by atoms with E-state index in [9.17, 15) is 17.6 Å². The summed E-state index contributed by atoms with van der Waals surface area (Å²) in [7, 11) is -3.87. The average Bonchev–Trinajstić information content (AvgIpc) is 3.23. The summed E-state index contributed by atoms with van der Waals surface area (Å²) >= 11 is 1.54. The van der Waals surface area contributed by atoms with Gasteiger partial charge in [0.15, 0.2) is 0 Å². The van der Waals surface area contributed by atoms with Crippen LogP contribution in [-0.4, -0.2) is 36.6 Å². The zero-order chi connectivity index (χ0) is 24.6. The van der Waals surface area contributed by atoms with Crippen LogP contribution in [-0.2, 0) is 27.9 Å². The Kier molecular flexibility index (Phi) is 8.92. The molecule has 0 bridgehead atoms. The molecule has 0 saturated carbocycles. The third kappa shape index (κ3) is 7.21. The highest BCUT2D eigenvalue weighted by atomic mass is 32.2. The number of thiophene rings is 1. The largest absolute Gasteiger partial charge is 0.332 e. The van der Waals surface area contributed by atoms with Gasteiger partial charge in [-0.1, -0.05) is 48.5 Å². The van der Waals surface area contributed by atoms with Crippen molar-refractivity contribution in [3.05, 3.63) is 111 Å². The van der Waals surface area contributed by atoms with Crippen molar-refractivity contribution in [3.63, 3.8) is 0 Å². The molecule has 0 spiro atoms. The molecular formula is C26H27FN2O3S2. The lowest BCUT2D eigenvalue weighted by atomic mass is 10.2. The predicted octanol–water partition coefficient (Wildman–Crippen LogP) is 5.21. The van der Waals surface area contributed by atoms with E-state index < -0.39 is 10.0 Å². The molecule has 1 heterocycles. The number of carbonyl (C=O) groups excluding carboxylic acids is 1. The highest BCUT2D eigenvalue weighted by molar-refractivity contribution is 7.92. The Balaban J connectivity index is 1.82. The first kappa shape index (κ1) is 25.6. The van der Waals surface area contributed by atoms with E-state index in [4.69, 9.17) is 0 Å². The van der Waals surface area contributed by atoms with Gasteiger partial charge in [0.05, 0.1) is 13.1 Å². The Morgan fingerprint density at radius 1 is 1.06 bits per heavy atom. The second kappa shape index (κ2) is 11.9. The molecule has 0 aliphatic carbocycles. The molecule has 8 heteroatoms. The van der Waals surface area contributed by atoms with Crippen LogP contribution in [0, 0.1) is 12.7 Å². The molecule has 2 aromatic carbocycles. The number of sulfonamides is 1. The van der Waals surface area contributed by atoms with Crippen LogP contribution in [0.15, 0.2) is 84.1 Å². The fraction of sp³-hybridized carbons (Fsp3) is 0.192. The zero-order valence-corrected chi connectivity index (χ0v) is 20.6. The average molecular weight is 499 g/mol. The summed E-state index contributed by atoms with van der Waals surface area (Å²) in [6.07, 6.45) is 2.95. The summed E-state index contributed by atoms with van der Waals surface area (Å²) in [4.78, 5) is 16.0. The van der Waals surface area contributed by atoms with Gasteiger partial charge in [0.25, 0.3) is 0 Å². The maximum Gasteiger partial charge on any atom is 0.238 e. The molecule has 0 fully saturated rings. The molecule has 178 valence electrons. The van der Waals surface area contributed by atoms with Gasteiger partial charge >= 0.3 is 0 Å². The van der Waals surface area contributed by atoms with Crippen LogP contribution >= 0.6 is 11.3 Å². The van der Waals surface area contributed by atoms with Crippen LogP contribution in [0.3, 0.4) is 0 Å². The summed E-state index contributed by atoms with van der Waals surface area (Å²) in [5, 5.41) is 3.06. The van der Waals surface area contributed by atoms with Crippen LogP contribution in [0.4, 0.5) is 4.39 Å². The van der Waals surface area contributed by atoms with Gasteiger partial charge in [0.2, 0.25) is 15.9 Å². The molecule has 0 saturated heterocycles. The molecule has 0 unspecified atom stereocenters. The number of aryl methyl sites for hydroxylation is 1. The minimum absolute atomic E-state index is 0.00434. The fourth-order valence-corrected chi connectivity index (χ4v) is 5.28. The monoisotopic (exact) mass is 498 g/mol. The molecule has 0 aliphatic rings. The number of hydrogen-bond donors (Lipinski definition) is 0. The zero-order valence-electron chi connectivity index (χ0n) is 18.9. The first-order valence-corrected chi connectivity index (χ1v) is 13.1. The Labute approximate surface area is 204 Å². The minimum Gasteiger partial charge on any atom is -0.332 e. The van der Waals surface area contributed by atoms with Crippen LogP contribution in [0.25, 0.3) is 6.08 Å². The molecule has 1 amide bonds. The summed E-state index contributed by atoms with van der Waals surface area (Å²) < 4.78 is 40.5. The van der Waals surface area contributed by atoms with Crippen molar-refractivity contribution in [2.45, 2.75) is 20.0 Å². The Hall–Kier alpha value is -3.07. The lowest BCUT2D eigenvalue weighted by Crippen LogP contribution is -2.41. The molecule has 1 aromatic heterocycles. The smallest absolute Gasteiger partial charge is 0.238 e. The second-order valence-corrected chi connectivity index (χ2v) is 10.6. The van der Waals surface area contributed by atoms with E-state index in [-0.39, 0.29) is 31.4 Å². The van der Waals surface area contributed by atoms with Gasteiger partial charge in [-0.2, -0.15) is 4.31 Å². The first-order valence-electron chi connectivity index (χ1n) is 10.7. The lowest BCUT2D eigenvalue weighted by molar-refractivity contribution is -0.132. The normalized spacial score (nSPS) is 11.7. The van der Waals surface area contributed by atoms with E-state index in [1.165, 1.54) is 35.6 Å². The van der Waals surface area contributed by atoms with E-state index in [0.29, 0.717) is 6.54 Å². The van der Waals surface area contributed by atoms with E-state index in [2.05, 4.69) is 6.58 Å². The van der Waals surface area contributed by atoms with Crippen molar-refractivity contribution in [1.29, 1.82) is 0 Å². The van der Waals surface area contributed by atoms with Crippen LogP contribution in [0.5, 0.6) is 0 Å². The molecule has 0 aliphatic heterocycles. The van der Waals surface area contributed by atoms with E-state index in [1.54, 1.807) is 29.2 Å². The molecule has 0 radical (unpaired) electrons. The van der Waals surface area contributed by atoms with Gasteiger partial charge in [-0.25, -0.2) is 12.8 Å². The van der Waals surface area contributed by atoms with Crippen molar-refractivity contribution >= 4 is 33.3 Å². The molecule has 0 atom stereocenters. The standard InChI is InChI=1S/C26H27FN2O3S2/c1-3-15-29(34(31,32)17-14-22-7-5-4-6-8-22)20-26(30)28(19-25-21(2)13-16-33-25)18-23-9-11-24(27)12-10-23/h3-14,16-17H,1,15,18-20H2,2H3. The van der Waals surface area contributed by atoms with Crippen molar-refractivity contribution < 1.29 is 17.6 Å². The molecule has 3 rings (SSSR count). The van der Waals surface area contributed by atoms with Gasteiger partial charge in [0, 0.05) is 23.4 Å². The van der Waals surface area contributed by atoms with Crippen LogP contribution in [0.1, 0.15) is 21.6 Å². The topological polar surface area (TPSA) is 57.7 Å².